The molecule has 1 aromatic heterocycles. The van der Waals surface area contributed by atoms with E-state index in [4.69, 9.17) is 4.74 Å². The van der Waals surface area contributed by atoms with Crippen LogP contribution < -0.4 is 15.6 Å². The summed E-state index contributed by atoms with van der Waals surface area (Å²) in [6.45, 7) is 2.30. The molecule has 0 fully saturated rings. The lowest BCUT2D eigenvalue weighted by atomic mass is 10.0. The summed E-state index contributed by atoms with van der Waals surface area (Å²) in [6, 6.07) is 16.6. The number of hydrogen-bond acceptors (Lipinski definition) is 4. The van der Waals surface area contributed by atoms with Crippen molar-refractivity contribution in [1.29, 1.82) is 0 Å². The molecular weight excluding hydrogens is 328 g/mol. The van der Waals surface area contributed by atoms with Crippen molar-refractivity contribution >= 4 is 16.7 Å². The van der Waals surface area contributed by atoms with Gasteiger partial charge in [-0.2, -0.15) is 0 Å². The van der Waals surface area contributed by atoms with Gasteiger partial charge < -0.3 is 15.0 Å². The molecule has 2 aromatic carbocycles. The van der Waals surface area contributed by atoms with Gasteiger partial charge in [-0.3, -0.25) is 9.59 Å². The maximum absolute atomic E-state index is 12.6. The summed E-state index contributed by atoms with van der Waals surface area (Å²) in [5, 5.41) is 4.05. The van der Waals surface area contributed by atoms with Crippen molar-refractivity contribution < 1.29 is 9.53 Å². The van der Waals surface area contributed by atoms with Gasteiger partial charge in [0.05, 0.1) is 13.7 Å². The van der Waals surface area contributed by atoms with Crippen LogP contribution in [0, 0.1) is 0 Å². The number of rotatable bonds is 7. The molecule has 134 valence electrons. The van der Waals surface area contributed by atoms with Gasteiger partial charge in [-0.1, -0.05) is 24.3 Å². The molecule has 1 unspecified atom stereocenters. The zero-order valence-electron chi connectivity index (χ0n) is 14.9. The molecule has 3 rings (SSSR count). The van der Waals surface area contributed by atoms with Crippen LogP contribution in [0.15, 0.2) is 59.4 Å². The van der Waals surface area contributed by atoms with E-state index in [0.29, 0.717) is 11.1 Å². The third kappa shape index (κ3) is 4.18. The summed E-state index contributed by atoms with van der Waals surface area (Å²) in [5.41, 5.74) is 2.30. The number of aromatic nitrogens is 1. The molecule has 0 spiro atoms. The molecule has 0 saturated carbocycles. The molecule has 0 saturated heterocycles. The SMILES string of the molecule is COc1ccc(CC(C)NCC(=O)c2cccc3[nH]c(=O)ccc23)cc1. The minimum atomic E-state index is -0.173. The summed E-state index contributed by atoms with van der Waals surface area (Å²) < 4.78 is 5.16. The minimum Gasteiger partial charge on any atom is -0.497 e. The number of ketones is 1. The highest BCUT2D eigenvalue weighted by Crippen LogP contribution is 2.16. The van der Waals surface area contributed by atoms with Crippen molar-refractivity contribution in [1.82, 2.24) is 10.3 Å². The molecule has 2 N–H and O–H groups in total. The summed E-state index contributed by atoms with van der Waals surface area (Å²) in [4.78, 5) is 26.8. The van der Waals surface area contributed by atoms with Gasteiger partial charge in [0.2, 0.25) is 5.56 Å². The fourth-order valence-corrected chi connectivity index (χ4v) is 2.98. The van der Waals surface area contributed by atoms with Crippen LogP contribution in [0.25, 0.3) is 10.9 Å². The van der Waals surface area contributed by atoms with Crippen molar-refractivity contribution in [2.45, 2.75) is 19.4 Å². The Morgan fingerprint density at radius 3 is 2.62 bits per heavy atom. The number of methoxy groups -OCH3 is 1. The van der Waals surface area contributed by atoms with Gasteiger partial charge in [0.1, 0.15) is 5.75 Å². The average Bonchev–Trinajstić information content (AvgIpc) is 2.66. The molecule has 0 aliphatic heterocycles. The van der Waals surface area contributed by atoms with E-state index in [2.05, 4.69) is 17.2 Å². The van der Waals surface area contributed by atoms with Crippen molar-refractivity contribution in [3.8, 4) is 5.75 Å². The number of hydrogen-bond donors (Lipinski definition) is 2. The Labute approximate surface area is 152 Å². The Kier molecular flexibility index (Phi) is 5.49. The van der Waals surface area contributed by atoms with Crippen LogP contribution in [0.1, 0.15) is 22.8 Å². The number of nitrogens with one attached hydrogen (secondary N) is 2. The van der Waals surface area contributed by atoms with E-state index < -0.39 is 0 Å². The topological polar surface area (TPSA) is 71.2 Å². The molecule has 3 aromatic rings. The molecule has 1 atom stereocenters. The van der Waals surface area contributed by atoms with Crippen molar-refractivity contribution in [3.63, 3.8) is 0 Å². The predicted molar refractivity (Wildman–Crippen MR) is 103 cm³/mol. The summed E-state index contributed by atoms with van der Waals surface area (Å²) in [7, 11) is 1.65. The maximum Gasteiger partial charge on any atom is 0.248 e. The van der Waals surface area contributed by atoms with Gasteiger partial charge in [-0.25, -0.2) is 0 Å². The number of carbonyl (C=O) groups is 1. The lowest BCUT2D eigenvalue weighted by Gasteiger charge is -2.14. The molecule has 1 heterocycles. The first-order valence-corrected chi connectivity index (χ1v) is 8.58. The second-order valence-electron chi connectivity index (χ2n) is 6.35. The fourth-order valence-electron chi connectivity index (χ4n) is 2.98. The molecule has 5 nitrogen and oxygen atoms in total. The minimum absolute atomic E-state index is 0.00392. The number of ether oxygens (including phenoxy) is 1. The van der Waals surface area contributed by atoms with Crippen LogP contribution in [0.5, 0.6) is 5.75 Å². The van der Waals surface area contributed by atoms with Gasteiger partial charge >= 0.3 is 0 Å². The van der Waals surface area contributed by atoms with Crippen molar-refractivity contribution in [3.05, 3.63) is 76.1 Å². The van der Waals surface area contributed by atoms with Crippen LogP contribution in [-0.2, 0) is 6.42 Å². The van der Waals surface area contributed by atoms with Crippen molar-refractivity contribution in [2.75, 3.05) is 13.7 Å². The lowest BCUT2D eigenvalue weighted by molar-refractivity contribution is 0.0989. The van der Waals surface area contributed by atoms with Gasteiger partial charge in [-0.05, 0) is 43.2 Å². The van der Waals surface area contributed by atoms with Gasteiger partial charge in [0.25, 0.3) is 0 Å². The van der Waals surface area contributed by atoms with E-state index in [1.54, 1.807) is 31.4 Å². The number of fused-ring (bicyclic) bond motifs is 1. The first kappa shape index (κ1) is 17.9. The third-order valence-electron chi connectivity index (χ3n) is 4.38. The average molecular weight is 350 g/mol. The van der Waals surface area contributed by atoms with Gasteiger partial charge in [0.15, 0.2) is 5.78 Å². The molecule has 26 heavy (non-hydrogen) atoms. The van der Waals surface area contributed by atoms with E-state index in [1.165, 1.54) is 11.6 Å². The normalized spacial score (nSPS) is 12.1. The zero-order valence-corrected chi connectivity index (χ0v) is 14.9. The molecular formula is C21H22N2O3. The van der Waals surface area contributed by atoms with Crippen LogP contribution in [0.4, 0.5) is 0 Å². The second kappa shape index (κ2) is 7.97. The van der Waals surface area contributed by atoms with E-state index in [1.807, 2.05) is 24.3 Å². The van der Waals surface area contributed by atoms with E-state index in [0.717, 1.165) is 17.6 Å². The number of benzene rings is 2. The van der Waals surface area contributed by atoms with Crippen LogP contribution in [0.3, 0.4) is 0 Å². The van der Waals surface area contributed by atoms with Gasteiger partial charge in [0, 0.05) is 28.6 Å². The molecule has 0 aliphatic rings. The Morgan fingerprint density at radius 1 is 1.12 bits per heavy atom. The number of H-pyrrole nitrogens is 1. The summed E-state index contributed by atoms with van der Waals surface area (Å²) >= 11 is 0. The number of pyridine rings is 1. The number of carbonyl (C=O) groups excluding carboxylic acids is 1. The Balaban J connectivity index is 1.64. The first-order valence-electron chi connectivity index (χ1n) is 8.58. The third-order valence-corrected chi connectivity index (χ3v) is 4.38. The first-order chi connectivity index (χ1) is 12.6. The number of aromatic amines is 1. The molecule has 0 aliphatic carbocycles. The largest absolute Gasteiger partial charge is 0.497 e. The molecule has 0 bridgehead atoms. The van der Waals surface area contributed by atoms with Crippen LogP contribution in [0.2, 0.25) is 0 Å². The zero-order chi connectivity index (χ0) is 18.5. The highest BCUT2D eigenvalue weighted by Gasteiger charge is 2.12. The monoisotopic (exact) mass is 350 g/mol. The fraction of sp³-hybridized carbons (Fsp3) is 0.238. The Bertz CT molecular complexity index is 961. The molecule has 0 amide bonds. The van der Waals surface area contributed by atoms with Crippen LogP contribution in [-0.4, -0.2) is 30.5 Å². The van der Waals surface area contributed by atoms with E-state index in [-0.39, 0.29) is 23.9 Å². The standard InChI is InChI=1S/C21H22N2O3/c1-14(12-15-6-8-16(26-2)9-7-15)22-13-20(24)18-4-3-5-19-17(18)10-11-21(25)23-19/h3-11,14,22H,12-13H2,1-2H3,(H,23,25). The van der Waals surface area contributed by atoms with Crippen molar-refractivity contribution in [2.24, 2.45) is 0 Å². The molecule has 0 radical (unpaired) electrons. The predicted octanol–water partition coefficient (Wildman–Crippen LogP) is 2.94. The highest BCUT2D eigenvalue weighted by atomic mass is 16.5. The molecule has 5 heteroatoms. The van der Waals surface area contributed by atoms with Gasteiger partial charge in [-0.15, -0.1) is 0 Å². The number of Topliss-reactive ketones (excluding diaryl/α,β-unsaturated/α-hetero) is 1. The Hall–Kier alpha value is -2.92. The second-order valence-corrected chi connectivity index (χ2v) is 6.35. The maximum atomic E-state index is 12.6. The van der Waals surface area contributed by atoms with Crippen LogP contribution >= 0.6 is 0 Å². The summed E-state index contributed by atoms with van der Waals surface area (Å²) in [5.74, 6) is 0.836. The summed E-state index contributed by atoms with van der Waals surface area (Å²) in [6.07, 6.45) is 0.820. The quantitative estimate of drug-likeness (QED) is 0.643. The lowest BCUT2D eigenvalue weighted by Crippen LogP contribution is -2.33. The Morgan fingerprint density at radius 2 is 1.88 bits per heavy atom. The van der Waals surface area contributed by atoms with E-state index in [9.17, 15) is 9.59 Å². The highest BCUT2D eigenvalue weighted by molar-refractivity contribution is 6.08. The van der Waals surface area contributed by atoms with E-state index >= 15 is 0 Å². The smallest absolute Gasteiger partial charge is 0.248 e.